The molecule has 2 aliphatic rings. The van der Waals surface area contributed by atoms with Gasteiger partial charge in [0.2, 0.25) is 0 Å². The van der Waals surface area contributed by atoms with Crippen molar-refractivity contribution in [3.8, 4) is 0 Å². The molecule has 118 valence electrons. The van der Waals surface area contributed by atoms with Gasteiger partial charge in [0.25, 0.3) is 5.91 Å². The summed E-state index contributed by atoms with van der Waals surface area (Å²) in [6, 6.07) is 10.2. The van der Waals surface area contributed by atoms with Gasteiger partial charge in [-0.1, -0.05) is 30.3 Å². The molecule has 2 aliphatic heterocycles. The van der Waals surface area contributed by atoms with Crippen LogP contribution in [0, 0.1) is 0 Å². The smallest absolute Gasteiger partial charge is 0.296 e. The summed E-state index contributed by atoms with van der Waals surface area (Å²) in [5.74, 6) is 0.175. The van der Waals surface area contributed by atoms with Crippen LogP contribution < -0.4 is 15.2 Å². The van der Waals surface area contributed by atoms with E-state index in [9.17, 15) is 4.79 Å². The van der Waals surface area contributed by atoms with Crippen LogP contribution in [0.1, 0.15) is 18.5 Å². The highest BCUT2D eigenvalue weighted by molar-refractivity contribution is 5.78. The van der Waals surface area contributed by atoms with Gasteiger partial charge < -0.3 is 15.2 Å². The summed E-state index contributed by atoms with van der Waals surface area (Å²) in [5, 5.41) is 1.77. The number of rotatable bonds is 4. The Hall–Kier alpha value is -1.85. The highest BCUT2D eigenvalue weighted by atomic mass is 16.2. The second-order valence-corrected chi connectivity index (χ2v) is 6.14. The van der Waals surface area contributed by atoms with Crippen molar-refractivity contribution in [3.05, 3.63) is 48.2 Å². The lowest BCUT2D eigenvalue weighted by Gasteiger charge is -2.31. The van der Waals surface area contributed by atoms with Crippen LogP contribution in [0.15, 0.2) is 42.6 Å². The van der Waals surface area contributed by atoms with E-state index in [0.29, 0.717) is 6.54 Å². The molecule has 3 rings (SSSR count). The quantitative estimate of drug-likeness (QED) is 0.627. The lowest BCUT2D eigenvalue weighted by atomic mass is 10.1. The van der Waals surface area contributed by atoms with Crippen LogP contribution in [0.5, 0.6) is 0 Å². The molecule has 0 aliphatic carbocycles. The first-order chi connectivity index (χ1) is 10.8. The number of likely N-dealkylation sites (N-methyl/N-ethyl adjacent to an activating group) is 1. The first-order valence-electron chi connectivity index (χ1n) is 8.25. The molecule has 5 heteroatoms. The van der Waals surface area contributed by atoms with Gasteiger partial charge >= 0.3 is 0 Å². The van der Waals surface area contributed by atoms with Crippen LogP contribution in [0.2, 0.25) is 0 Å². The van der Waals surface area contributed by atoms with E-state index >= 15 is 0 Å². The predicted molar refractivity (Wildman–Crippen MR) is 85.1 cm³/mol. The maximum absolute atomic E-state index is 12.6. The van der Waals surface area contributed by atoms with Crippen LogP contribution in [-0.2, 0) is 4.79 Å². The Balaban J connectivity index is 1.58. The summed E-state index contributed by atoms with van der Waals surface area (Å²) in [4.78, 5) is 15.7. The Morgan fingerprint density at radius 3 is 2.55 bits per heavy atom. The lowest BCUT2D eigenvalue weighted by Crippen LogP contribution is -3.28. The fraction of sp³-hybridized carbons (Fsp3) is 0.471. The zero-order valence-electron chi connectivity index (χ0n) is 13.2. The van der Waals surface area contributed by atoms with Gasteiger partial charge in [-0.05, 0) is 18.6 Å². The first-order valence-corrected chi connectivity index (χ1v) is 8.25. The molecule has 1 saturated heterocycles. The van der Waals surface area contributed by atoms with Crippen molar-refractivity contribution in [2.45, 2.75) is 13.0 Å². The maximum Gasteiger partial charge on any atom is 0.296 e. The molecule has 5 nitrogen and oxygen atoms in total. The molecule has 0 radical (unpaired) electrons. The van der Waals surface area contributed by atoms with Crippen molar-refractivity contribution in [1.29, 1.82) is 0 Å². The molecule has 1 atom stereocenters. The van der Waals surface area contributed by atoms with Gasteiger partial charge in [0, 0.05) is 6.20 Å². The molecule has 0 spiro atoms. The standard InChI is InChI=1S/C17H24N4O/c1-2-19-10-12-20(13-11-19)14-17(22)21-16(8-9-18-21)15-6-4-3-5-7-15/h3-9,16,18H,2,10-14H2,1H3/p+2/t16-/m0/s1. The number of carbonyl (C=O) groups excluding carboxylic acids is 1. The molecule has 3 N–H and O–H groups in total. The van der Waals surface area contributed by atoms with Crippen molar-refractivity contribution in [1.82, 2.24) is 10.4 Å². The Kier molecular flexibility index (Phi) is 4.75. The third-order valence-corrected chi connectivity index (χ3v) is 4.75. The third kappa shape index (κ3) is 3.31. The molecular formula is C17H26N4O+2. The second kappa shape index (κ2) is 6.94. The third-order valence-electron chi connectivity index (χ3n) is 4.75. The van der Waals surface area contributed by atoms with E-state index in [-0.39, 0.29) is 11.9 Å². The molecule has 1 amide bonds. The number of piperazine rings is 1. The van der Waals surface area contributed by atoms with E-state index in [2.05, 4.69) is 24.5 Å². The van der Waals surface area contributed by atoms with Crippen molar-refractivity contribution >= 4 is 5.91 Å². The molecule has 2 heterocycles. The first kappa shape index (κ1) is 15.1. The fourth-order valence-electron chi connectivity index (χ4n) is 3.30. The van der Waals surface area contributed by atoms with E-state index in [0.717, 1.165) is 18.7 Å². The number of hydrogen-bond acceptors (Lipinski definition) is 2. The summed E-state index contributed by atoms with van der Waals surface area (Å²) in [5.41, 5.74) is 4.24. The molecule has 22 heavy (non-hydrogen) atoms. The van der Waals surface area contributed by atoms with E-state index < -0.39 is 0 Å². The SMILES string of the molecule is CC[NH+]1CC[NH+](CC(=O)N2NC=C[C@H]2c2ccccc2)CC1. The maximum atomic E-state index is 12.6. The Labute approximate surface area is 132 Å². The average Bonchev–Trinajstić information content (AvgIpc) is 3.06. The van der Waals surface area contributed by atoms with Crippen LogP contribution in [0.3, 0.4) is 0 Å². The Bertz CT molecular complexity index is 523. The van der Waals surface area contributed by atoms with Gasteiger partial charge in [-0.25, -0.2) is 5.01 Å². The lowest BCUT2D eigenvalue weighted by molar-refractivity contribution is -1.01. The highest BCUT2D eigenvalue weighted by Gasteiger charge is 2.31. The Morgan fingerprint density at radius 1 is 1.18 bits per heavy atom. The number of nitrogens with one attached hydrogen (secondary N) is 3. The van der Waals surface area contributed by atoms with Crippen LogP contribution in [-0.4, -0.2) is 50.2 Å². The minimum absolute atomic E-state index is 0.00987. The highest BCUT2D eigenvalue weighted by Crippen LogP contribution is 2.23. The van der Waals surface area contributed by atoms with Gasteiger partial charge in [0.05, 0.1) is 12.6 Å². The number of hydrogen-bond donors (Lipinski definition) is 3. The van der Waals surface area contributed by atoms with Crippen LogP contribution in [0.4, 0.5) is 0 Å². The minimum atomic E-state index is 0.00987. The Morgan fingerprint density at radius 2 is 1.86 bits per heavy atom. The van der Waals surface area contributed by atoms with E-state index in [1.165, 1.54) is 24.5 Å². The van der Waals surface area contributed by atoms with Crippen molar-refractivity contribution in [2.75, 3.05) is 39.3 Å². The van der Waals surface area contributed by atoms with Crippen LogP contribution >= 0.6 is 0 Å². The largest absolute Gasteiger partial charge is 0.326 e. The molecule has 1 aromatic rings. The van der Waals surface area contributed by atoms with Crippen molar-refractivity contribution in [3.63, 3.8) is 0 Å². The zero-order chi connectivity index (χ0) is 15.4. The summed E-state index contributed by atoms with van der Waals surface area (Å²) >= 11 is 0. The predicted octanol–water partition coefficient (Wildman–Crippen LogP) is -1.61. The summed E-state index contributed by atoms with van der Waals surface area (Å²) < 4.78 is 0. The monoisotopic (exact) mass is 302 g/mol. The van der Waals surface area contributed by atoms with E-state index in [4.69, 9.17) is 0 Å². The number of amides is 1. The summed E-state index contributed by atoms with van der Waals surface area (Å²) in [6.45, 7) is 8.53. The number of benzene rings is 1. The topological polar surface area (TPSA) is 41.2 Å². The number of carbonyl (C=O) groups is 1. The van der Waals surface area contributed by atoms with Gasteiger partial charge in [0.15, 0.2) is 6.54 Å². The molecule has 1 aromatic carbocycles. The van der Waals surface area contributed by atoms with E-state index in [1.54, 1.807) is 9.91 Å². The van der Waals surface area contributed by atoms with Gasteiger partial charge in [-0.15, -0.1) is 0 Å². The normalized spacial score (nSPS) is 27.7. The van der Waals surface area contributed by atoms with Gasteiger partial charge in [0.1, 0.15) is 26.2 Å². The van der Waals surface area contributed by atoms with Gasteiger partial charge in [-0.2, -0.15) is 0 Å². The molecule has 0 aromatic heterocycles. The summed E-state index contributed by atoms with van der Waals surface area (Å²) in [6.07, 6.45) is 3.91. The average molecular weight is 302 g/mol. The van der Waals surface area contributed by atoms with Crippen molar-refractivity contribution in [2.24, 2.45) is 0 Å². The molecular weight excluding hydrogens is 276 g/mol. The number of hydrazine groups is 1. The zero-order valence-corrected chi connectivity index (χ0v) is 13.2. The summed E-state index contributed by atoms with van der Waals surface area (Å²) in [7, 11) is 0. The van der Waals surface area contributed by atoms with Gasteiger partial charge in [-0.3, -0.25) is 4.79 Å². The van der Waals surface area contributed by atoms with Crippen molar-refractivity contribution < 1.29 is 14.6 Å². The number of nitrogens with zero attached hydrogens (tertiary/aromatic N) is 1. The van der Waals surface area contributed by atoms with Crippen LogP contribution in [0.25, 0.3) is 0 Å². The minimum Gasteiger partial charge on any atom is -0.326 e. The fourth-order valence-corrected chi connectivity index (χ4v) is 3.30. The molecule has 0 unspecified atom stereocenters. The second-order valence-electron chi connectivity index (χ2n) is 6.14. The number of quaternary nitrogens is 2. The molecule has 1 fully saturated rings. The van der Waals surface area contributed by atoms with E-state index in [1.807, 2.05) is 30.5 Å². The molecule has 0 bridgehead atoms. The molecule has 0 saturated carbocycles.